The predicted octanol–water partition coefficient (Wildman–Crippen LogP) is 0.585. The quantitative estimate of drug-likeness (QED) is 0.690. The number of amides is 1. The maximum atomic E-state index is 12.3. The second-order valence-electron chi connectivity index (χ2n) is 6.09. The summed E-state index contributed by atoms with van der Waals surface area (Å²) >= 11 is 0. The summed E-state index contributed by atoms with van der Waals surface area (Å²) in [7, 11) is -3.45. The number of sulfone groups is 1. The number of benzene rings is 1. The predicted molar refractivity (Wildman–Crippen MR) is 89.2 cm³/mol. The molecule has 1 aromatic heterocycles. The number of carboxylic acids is 1. The lowest BCUT2D eigenvalue weighted by Gasteiger charge is -2.05. The molecular weight excluding hydrogens is 348 g/mol. The molecule has 8 nitrogen and oxygen atoms in total. The fourth-order valence-electron chi connectivity index (χ4n) is 2.75. The molecule has 0 unspecified atom stereocenters. The molecule has 0 radical (unpaired) electrons. The van der Waals surface area contributed by atoms with Gasteiger partial charge in [0.05, 0.1) is 10.8 Å². The van der Waals surface area contributed by atoms with E-state index in [2.05, 4.69) is 0 Å². The van der Waals surface area contributed by atoms with E-state index in [1.54, 1.807) is 0 Å². The fourth-order valence-corrected chi connectivity index (χ4v) is 4.38. The first-order chi connectivity index (χ1) is 11.7. The van der Waals surface area contributed by atoms with Crippen molar-refractivity contribution >= 4 is 38.4 Å². The molecule has 1 fully saturated rings. The number of carbonyl (C=O) groups excluding carboxylic acids is 2. The van der Waals surface area contributed by atoms with Crippen LogP contribution in [-0.2, 0) is 21.2 Å². The minimum Gasteiger partial charge on any atom is -0.480 e. The van der Waals surface area contributed by atoms with Gasteiger partial charge in [0.25, 0.3) is 5.91 Å². The fraction of sp³-hybridized carbons (Fsp3) is 0.312. The van der Waals surface area contributed by atoms with Crippen LogP contribution in [0.5, 0.6) is 0 Å². The standard InChI is InChI=1S/C16H16N2O6S/c17-16(22)12-6-18(7-15(20)21)13-4-1-9(5-11(12)13)14(19)8-25(23,24)10-2-3-10/h1,4-6,10H,2-3,7-8H2,(H2,17,22)(H,20,21). The highest BCUT2D eigenvalue weighted by Gasteiger charge is 2.37. The first-order valence-corrected chi connectivity index (χ1v) is 9.30. The summed E-state index contributed by atoms with van der Waals surface area (Å²) in [5.74, 6) is -2.99. The highest BCUT2D eigenvalue weighted by molar-refractivity contribution is 7.93. The third-order valence-electron chi connectivity index (χ3n) is 4.14. The number of nitrogens with two attached hydrogens (primary N) is 1. The van der Waals surface area contributed by atoms with Gasteiger partial charge in [0.15, 0.2) is 15.6 Å². The molecule has 1 aliphatic carbocycles. The molecule has 1 amide bonds. The molecule has 1 heterocycles. The number of fused-ring (bicyclic) bond motifs is 1. The van der Waals surface area contributed by atoms with E-state index in [0.29, 0.717) is 23.7 Å². The number of carbonyl (C=O) groups is 3. The van der Waals surface area contributed by atoms with Gasteiger partial charge in [-0.05, 0) is 31.0 Å². The Balaban J connectivity index is 2.01. The lowest BCUT2D eigenvalue weighted by atomic mass is 10.1. The van der Waals surface area contributed by atoms with Gasteiger partial charge in [0, 0.05) is 22.7 Å². The molecule has 2 aromatic rings. The van der Waals surface area contributed by atoms with Crippen LogP contribution in [0.15, 0.2) is 24.4 Å². The maximum Gasteiger partial charge on any atom is 0.323 e. The van der Waals surface area contributed by atoms with E-state index in [1.807, 2.05) is 0 Å². The summed E-state index contributed by atoms with van der Waals surface area (Å²) in [5.41, 5.74) is 5.97. The smallest absolute Gasteiger partial charge is 0.323 e. The SMILES string of the molecule is NC(=O)c1cn(CC(=O)O)c2ccc(C(=O)CS(=O)(=O)C3CC3)cc12. The van der Waals surface area contributed by atoms with Crippen LogP contribution < -0.4 is 5.73 Å². The molecule has 0 saturated heterocycles. The summed E-state index contributed by atoms with van der Waals surface area (Å²) < 4.78 is 25.3. The largest absolute Gasteiger partial charge is 0.480 e. The van der Waals surface area contributed by atoms with Crippen molar-refractivity contribution in [3.63, 3.8) is 0 Å². The van der Waals surface area contributed by atoms with E-state index < -0.39 is 38.5 Å². The molecule has 3 rings (SSSR count). The Morgan fingerprint density at radius 3 is 2.48 bits per heavy atom. The Kier molecular flexibility index (Phi) is 4.11. The van der Waals surface area contributed by atoms with E-state index >= 15 is 0 Å². The van der Waals surface area contributed by atoms with Crippen molar-refractivity contribution in [3.8, 4) is 0 Å². The number of rotatable bonds is 7. The molecule has 1 saturated carbocycles. The number of primary amides is 1. The number of ketones is 1. The summed E-state index contributed by atoms with van der Waals surface area (Å²) in [6.07, 6.45) is 2.48. The minimum absolute atomic E-state index is 0.0796. The van der Waals surface area contributed by atoms with Crippen LogP contribution in [0, 0.1) is 0 Å². The summed E-state index contributed by atoms with van der Waals surface area (Å²) in [4.78, 5) is 34.8. The summed E-state index contributed by atoms with van der Waals surface area (Å²) in [6.45, 7) is -0.368. The average Bonchev–Trinajstić information content (AvgIpc) is 3.30. The number of aliphatic carboxylic acids is 1. The zero-order valence-corrected chi connectivity index (χ0v) is 14.0. The molecule has 132 valence electrons. The van der Waals surface area contributed by atoms with E-state index in [4.69, 9.17) is 10.8 Å². The van der Waals surface area contributed by atoms with Gasteiger partial charge in [-0.25, -0.2) is 8.42 Å². The van der Waals surface area contributed by atoms with E-state index in [0.717, 1.165) is 0 Å². The third-order valence-corrected chi connectivity index (χ3v) is 6.29. The van der Waals surface area contributed by atoms with Gasteiger partial charge in [0.1, 0.15) is 12.3 Å². The second kappa shape index (κ2) is 5.99. The van der Waals surface area contributed by atoms with Crippen LogP contribution in [-0.4, -0.2) is 46.8 Å². The first kappa shape index (κ1) is 17.2. The van der Waals surface area contributed by atoms with E-state index in [-0.39, 0.29) is 17.7 Å². The highest BCUT2D eigenvalue weighted by Crippen LogP contribution is 2.30. The van der Waals surface area contributed by atoms with Gasteiger partial charge in [-0.15, -0.1) is 0 Å². The molecule has 9 heteroatoms. The Morgan fingerprint density at radius 2 is 1.92 bits per heavy atom. The Bertz CT molecular complexity index is 1000. The second-order valence-corrected chi connectivity index (χ2v) is 8.37. The van der Waals surface area contributed by atoms with Crippen molar-refractivity contribution in [3.05, 3.63) is 35.5 Å². The zero-order chi connectivity index (χ0) is 18.4. The van der Waals surface area contributed by atoms with Gasteiger partial charge in [-0.2, -0.15) is 0 Å². The monoisotopic (exact) mass is 364 g/mol. The molecule has 3 N–H and O–H groups in total. The Hall–Kier alpha value is -2.68. The number of aromatic nitrogens is 1. The van der Waals surface area contributed by atoms with Crippen molar-refractivity contribution in [2.24, 2.45) is 5.73 Å². The van der Waals surface area contributed by atoms with E-state index in [1.165, 1.54) is 29.0 Å². The summed E-state index contributed by atoms with van der Waals surface area (Å²) in [5, 5.41) is 8.83. The molecule has 0 aliphatic heterocycles. The van der Waals surface area contributed by atoms with Crippen molar-refractivity contribution in [1.29, 1.82) is 0 Å². The van der Waals surface area contributed by atoms with Gasteiger partial charge in [-0.3, -0.25) is 14.4 Å². The van der Waals surface area contributed by atoms with Crippen LogP contribution in [0.2, 0.25) is 0 Å². The molecule has 25 heavy (non-hydrogen) atoms. The van der Waals surface area contributed by atoms with Crippen LogP contribution in [0.25, 0.3) is 10.9 Å². The molecule has 1 aliphatic rings. The highest BCUT2D eigenvalue weighted by atomic mass is 32.2. The maximum absolute atomic E-state index is 12.3. The first-order valence-electron chi connectivity index (χ1n) is 7.58. The topological polar surface area (TPSA) is 137 Å². The molecule has 1 aromatic carbocycles. The lowest BCUT2D eigenvalue weighted by Crippen LogP contribution is -2.19. The van der Waals surface area contributed by atoms with Crippen molar-refractivity contribution in [2.75, 3.05) is 5.75 Å². The van der Waals surface area contributed by atoms with Crippen LogP contribution in [0.1, 0.15) is 33.6 Å². The average molecular weight is 364 g/mol. The van der Waals surface area contributed by atoms with Crippen LogP contribution in [0.3, 0.4) is 0 Å². The lowest BCUT2D eigenvalue weighted by molar-refractivity contribution is -0.137. The van der Waals surface area contributed by atoms with Gasteiger partial charge >= 0.3 is 5.97 Å². The molecule has 0 spiro atoms. The zero-order valence-electron chi connectivity index (χ0n) is 13.1. The third kappa shape index (κ3) is 3.41. The normalized spacial score (nSPS) is 14.6. The van der Waals surface area contributed by atoms with Crippen LogP contribution in [0.4, 0.5) is 0 Å². The number of hydrogen-bond donors (Lipinski definition) is 2. The van der Waals surface area contributed by atoms with Crippen LogP contribution >= 0.6 is 0 Å². The number of carboxylic acid groups (broad SMARTS) is 1. The Morgan fingerprint density at radius 1 is 1.24 bits per heavy atom. The number of Topliss-reactive ketones (excluding diaryl/α,β-unsaturated/α-hetero) is 1. The van der Waals surface area contributed by atoms with Gasteiger partial charge in [-0.1, -0.05) is 0 Å². The van der Waals surface area contributed by atoms with Crippen molar-refractivity contribution < 1.29 is 27.9 Å². The van der Waals surface area contributed by atoms with Gasteiger partial charge in [0.2, 0.25) is 0 Å². The minimum atomic E-state index is -3.45. The molecular formula is C16H16N2O6S. The van der Waals surface area contributed by atoms with Crippen molar-refractivity contribution in [2.45, 2.75) is 24.6 Å². The number of nitrogens with zero attached hydrogens (tertiary/aromatic N) is 1. The Labute approximate surface area is 143 Å². The molecule has 0 atom stereocenters. The van der Waals surface area contributed by atoms with Crippen molar-refractivity contribution in [1.82, 2.24) is 4.57 Å². The van der Waals surface area contributed by atoms with E-state index in [9.17, 15) is 22.8 Å². The number of hydrogen-bond acceptors (Lipinski definition) is 5. The van der Waals surface area contributed by atoms with Gasteiger partial charge < -0.3 is 15.4 Å². The summed E-state index contributed by atoms with van der Waals surface area (Å²) in [6, 6.07) is 4.30. The molecule has 0 bridgehead atoms.